The minimum absolute atomic E-state index is 0.0166. The maximum atomic E-state index is 11.2. The lowest BCUT2D eigenvalue weighted by atomic mass is 9.84. The molecule has 3 aliphatic heterocycles. The molecule has 10 heteroatoms. The first kappa shape index (κ1) is 25.6. The normalized spacial score (nSPS) is 25.2. The number of piperidine rings is 2. The average Bonchev–Trinajstić information content (AvgIpc) is 3.32. The molecule has 1 aromatic carbocycles. The first-order valence-electron chi connectivity index (χ1n) is 12.5. The van der Waals surface area contributed by atoms with Gasteiger partial charge in [0.1, 0.15) is 6.61 Å². The molecule has 4 rings (SSSR count). The summed E-state index contributed by atoms with van der Waals surface area (Å²) < 4.78 is 5.88. The molecule has 0 aromatic heterocycles. The van der Waals surface area contributed by atoms with E-state index in [2.05, 4.69) is 39.9 Å². The van der Waals surface area contributed by atoms with Crippen molar-refractivity contribution in [2.75, 3.05) is 39.3 Å². The first-order chi connectivity index (χ1) is 16.9. The van der Waals surface area contributed by atoms with Crippen LogP contribution in [0.1, 0.15) is 62.1 Å². The summed E-state index contributed by atoms with van der Waals surface area (Å²) in [6.07, 6.45) is 7.93. The summed E-state index contributed by atoms with van der Waals surface area (Å²) >= 11 is 0. The molecule has 35 heavy (non-hydrogen) atoms. The number of carboxylic acids is 2. The van der Waals surface area contributed by atoms with Gasteiger partial charge in [-0.25, -0.2) is 4.79 Å². The highest BCUT2D eigenvalue weighted by molar-refractivity contribution is 5.79. The van der Waals surface area contributed by atoms with Crippen LogP contribution in [0, 0.1) is 0 Å². The predicted molar refractivity (Wildman–Crippen MR) is 129 cm³/mol. The molecule has 3 aliphatic rings. The van der Waals surface area contributed by atoms with Crippen molar-refractivity contribution in [3.8, 4) is 0 Å². The van der Waals surface area contributed by atoms with Gasteiger partial charge in [-0.15, -0.1) is 0 Å². The van der Waals surface area contributed by atoms with Crippen molar-refractivity contribution >= 4 is 18.2 Å². The molecule has 3 fully saturated rings. The number of ether oxygens (including phenoxy) is 1. The number of hydroxylamine groups is 1. The van der Waals surface area contributed by atoms with Crippen LogP contribution in [-0.4, -0.2) is 89.3 Å². The molecule has 0 radical (unpaired) electrons. The molecule has 2 atom stereocenters. The van der Waals surface area contributed by atoms with E-state index in [-0.39, 0.29) is 25.3 Å². The number of aliphatic carboxylic acids is 2. The third-order valence-corrected chi connectivity index (χ3v) is 7.14. The number of carbonyl (C=O) groups is 2. The van der Waals surface area contributed by atoms with E-state index in [1.165, 1.54) is 19.3 Å². The summed E-state index contributed by atoms with van der Waals surface area (Å²) in [4.78, 5) is 29.9. The van der Waals surface area contributed by atoms with Crippen LogP contribution in [0.5, 0.6) is 0 Å². The second kappa shape index (κ2) is 11.9. The SMILES string of the molecule is O=C(O)COC1(CC2CC(c3ccc(C=NN4CCCCC4)cc3)NO2)CCN(CC(=O)O)CC1. The minimum Gasteiger partial charge on any atom is -0.480 e. The van der Waals surface area contributed by atoms with E-state index in [1.54, 1.807) is 0 Å². The number of benzene rings is 1. The number of hydrogen-bond acceptors (Lipinski definition) is 8. The zero-order valence-corrected chi connectivity index (χ0v) is 20.1. The van der Waals surface area contributed by atoms with E-state index < -0.39 is 17.5 Å². The maximum absolute atomic E-state index is 11.2. The Morgan fingerprint density at radius 3 is 2.46 bits per heavy atom. The van der Waals surface area contributed by atoms with Gasteiger partial charge in [0, 0.05) is 32.6 Å². The fourth-order valence-electron chi connectivity index (χ4n) is 5.17. The number of rotatable bonds is 10. The van der Waals surface area contributed by atoms with Gasteiger partial charge in [-0.1, -0.05) is 24.3 Å². The zero-order chi connectivity index (χ0) is 24.7. The largest absolute Gasteiger partial charge is 0.480 e. The van der Waals surface area contributed by atoms with Crippen molar-refractivity contribution in [2.24, 2.45) is 5.10 Å². The molecular formula is C25H36N4O6. The number of hydrazone groups is 1. The van der Waals surface area contributed by atoms with Crippen molar-refractivity contribution in [3.05, 3.63) is 35.4 Å². The molecule has 0 amide bonds. The van der Waals surface area contributed by atoms with Gasteiger partial charge in [-0.05, 0) is 49.7 Å². The lowest BCUT2D eigenvalue weighted by Gasteiger charge is -2.42. The summed E-state index contributed by atoms with van der Waals surface area (Å²) in [5, 5.41) is 24.9. The zero-order valence-electron chi connectivity index (χ0n) is 20.1. The second-order valence-electron chi connectivity index (χ2n) is 9.81. The monoisotopic (exact) mass is 488 g/mol. The minimum atomic E-state index is -1.01. The van der Waals surface area contributed by atoms with Gasteiger partial charge >= 0.3 is 11.9 Å². The highest BCUT2D eigenvalue weighted by Gasteiger charge is 2.41. The number of carboxylic acid groups (broad SMARTS) is 2. The Morgan fingerprint density at radius 1 is 1.09 bits per heavy atom. The predicted octanol–water partition coefficient (Wildman–Crippen LogP) is 2.25. The van der Waals surface area contributed by atoms with E-state index in [0.29, 0.717) is 32.4 Å². The number of likely N-dealkylation sites (tertiary alicyclic amines) is 1. The van der Waals surface area contributed by atoms with E-state index in [4.69, 9.17) is 19.8 Å². The smallest absolute Gasteiger partial charge is 0.329 e. The topological polar surface area (TPSA) is 124 Å². The van der Waals surface area contributed by atoms with E-state index in [0.717, 1.165) is 30.6 Å². The van der Waals surface area contributed by atoms with Gasteiger partial charge in [-0.3, -0.25) is 19.5 Å². The van der Waals surface area contributed by atoms with E-state index in [9.17, 15) is 9.59 Å². The van der Waals surface area contributed by atoms with Crippen molar-refractivity contribution in [3.63, 3.8) is 0 Å². The molecule has 10 nitrogen and oxygen atoms in total. The molecule has 3 saturated heterocycles. The van der Waals surface area contributed by atoms with E-state index >= 15 is 0 Å². The lowest BCUT2D eigenvalue weighted by Crippen LogP contribution is -2.49. The number of hydrogen-bond donors (Lipinski definition) is 3. The highest BCUT2D eigenvalue weighted by Crippen LogP contribution is 2.36. The van der Waals surface area contributed by atoms with Gasteiger partial charge in [0.25, 0.3) is 0 Å². The molecule has 2 unspecified atom stereocenters. The molecule has 0 aliphatic carbocycles. The van der Waals surface area contributed by atoms with Crippen molar-refractivity contribution in [1.29, 1.82) is 0 Å². The Balaban J connectivity index is 1.31. The average molecular weight is 489 g/mol. The van der Waals surface area contributed by atoms with Gasteiger partial charge < -0.3 is 14.9 Å². The molecule has 3 N–H and O–H groups in total. The number of nitrogens with one attached hydrogen (secondary N) is 1. The van der Waals surface area contributed by atoms with E-state index in [1.807, 2.05) is 11.1 Å². The Morgan fingerprint density at radius 2 is 1.80 bits per heavy atom. The molecule has 0 bridgehead atoms. The molecule has 192 valence electrons. The summed E-state index contributed by atoms with van der Waals surface area (Å²) in [5.74, 6) is -1.87. The summed E-state index contributed by atoms with van der Waals surface area (Å²) in [6.45, 7) is 2.76. The Kier molecular flexibility index (Phi) is 8.72. The van der Waals surface area contributed by atoms with Crippen LogP contribution in [0.3, 0.4) is 0 Å². The third-order valence-electron chi connectivity index (χ3n) is 7.14. The highest BCUT2D eigenvalue weighted by atomic mass is 16.7. The fraction of sp³-hybridized carbons (Fsp3) is 0.640. The molecule has 0 spiro atoms. The molecular weight excluding hydrogens is 452 g/mol. The van der Waals surface area contributed by atoms with Gasteiger partial charge in [0.2, 0.25) is 0 Å². The standard InChI is InChI=1S/C25H36N4O6/c30-23(31)17-28-12-8-25(9-13-28,34-18-24(32)33)15-21-14-22(27-35-21)20-6-4-19(5-7-20)16-26-29-10-2-1-3-11-29/h4-7,16,21-22,27H,1-3,8-15,17-18H2,(H,30,31)(H,32,33). The quantitative estimate of drug-likeness (QED) is 0.425. The summed E-state index contributed by atoms with van der Waals surface area (Å²) in [5.41, 5.74) is 4.68. The fourth-order valence-corrected chi connectivity index (χ4v) is 5.17. The Bertz CT molecular complexity index is 878. The van der Waals surface area contributed by atoms with Crippen LogP contribution in [-0.2, 0) is 19.2 Å². The van der Waals surface area contributed by atoms with Crippen LogP contribution < -0.4 is 5.48 Å². The van der Waals surface area contributed by atoms with Crippen molar-refractivity contribution in [2.45, 2.75) is 62.7 Å². The summed E-state index contributed by atoms with van der Waals surface area (Å²) in [6, 6.07) is 8.34. The van der Waals surface area contributed by atoms with Gasteiger partial charge in [0.05, 0.1) is 30.5 Å². The van der Waals surface area contributed by atoms with Crippen LogP contribution in [0.25, 0.3) is 0 Å². The Hall–Kier alpha value is -2.53. The first-order valence-corrected chi connectivity index (χ1v) is 12.5. The molecule has 3 heterocycles. The number of nitrogens with zero attached hydrogens (tertiary/aromatic N) is 3. The Labute approximate surface area is 205 Å². The molecule has 0 saturated carbocycles. The summed E-state index contributed by atoms with van der Waals surface area (Å²) in [7, 11) is 0. The van der Waals surface area contributed by atoms with Gasteiger partial charge in [-0.2, -0.15) is 10.6 Å². The van der Waals surface area contributed by atoms with Crippen LogP contribution in [0.2, 0.25) is 0 Å². The third kappa shape index (κ3) is 7.47. The van der Waals surface area contributed by atoms with Crippen molar-refractivity contribution in [1.82, 2.24) is 15.4 Å². The van der Waals surface area contributed by atoms with Gasteiger partial charge in [0.15, 0.2) is 0 Å². The second-order valence-corrected chi connectivity index (χ2v) is 9.81. The maximum Gasteiger partial charge on any atom is 0.329 e. The lowest BCUT2D eigenvalue weighted by molar-refractivity contribution is -0.159. The van der Waals surface area contributed by atoms with Crippen LogP contribution >= 0.6 is 0 Å². The van der Waals surface area contributed by atoms with Crippen LogP contribution in [0.4, 0.5) is 0 Å². The van der Waals surface area contributed by atoms with Crippen LogP contribution in [0.15, 0.2) is 29.4 Å². The van der Waals surface area contributed by atoms with Crippen molar-refractivity contribution < 1.29 is 29.4 Å². The molecule has 1 aromatic rings.